The third kappa shape index (κ3) is 13.8. The number of rotatable bonds is 14. The normalized spacial score (nSPS) is 14.3. The van der Waals surface area contributed by atoms with Crippen LogP contribution in [0.4, 0.5) is 4.39 Å². The first-order valence-electron chi connectivity index (χ1n) is 19.2. The van der Waals surface area contributed by atoms with Crippen molar-refractivity contribution < 1.29 is 37.6 Å². The van der Waals surface area contributed by atoms with Crippen molar-refractivity contribution in [1.82, 2.24) is 31.0 Å². The number of ether oxygens (including phenoxy) is 2. The van der Waals surface area contributed by atoms with Crippen molar-refractivity contribution >= 4 is 51.3 Å². The lowest BCUT2D eigenvalue weighted by molar-refractivity contribution is -0.132. The molecular formula is C44H53FN6O7S. The molecule has 59 heavy (non-hydrogen) atoms. The number of amides is 4. The largest absolute Gasteiger partial charge is 0.497 e. The number of thiazole rings is 1. The Morgan fingerprint density at radius 1 is 1.02 bits per heavy atom. The molecule has 2 aromatic heterocycles. The molecule has 15 heteroatoms. The second-order valence-corrected chi connectivity index (χ2v) is 15.4. The number of nitrogens with one attached hydrogen (secondary N) is 3. The minimum absolute atomic E-state index is 0.0325. The molecule has 6 rings (SSSR count). The Hall–Kier alpha value is -6.09. The number of fused-ring (bicyclic) bond motifs is 1. The molecule has 4 amide bonds. The van der Waals surface area contributed by atoms with Crippen LogP contribution in [0.1, 0.15) is 66.0 Å². The summed E-state index contributed by atoms with van der Waals surface area (Å²) in [4.78, 5) is 56.8. The van der Waals surface area contributed by atoms with Gasteiger partial charge in [0.1, 0.15) is 34.1 Å². The zero-order chi connectivity index (χ0) is 43.1. The van der Waals surface area contributed by atoms with E-state index >= 15 is 0 Å². The monoisotopic (exact) mass is 828 g/mol. The number of benzene rings is 3. The molecule has 1 aliphatic heterocycles. The summed E-state index contributed by atoms with van der Waals surface area (Å²) in [5.74, 6) is -0.169. The lowest BCUT2D eigenvalue weighted by Gasteiger charge is -2.22. The van der Waals surface area contributed by atoms with E-state index < -0.39 is 17.9 Å². The van der Waals surface area contributed by atoms with Crippen LogP contribution in [0.15, 0.2) is 83.9 Å². The fourth-order valence-electron chi connectivity index (χ4n) is 6.19. The molecule has 3 aromatic carbocycles. The maximum absolute atomic E-state index is 13.0. The summed E-state index contributed by atoms with van der Waals surface area (Å²) >= 11 is 1.67. The van der Waals surface area contributed by atoms with Gasteiger partial charge in [-0.15, -0.1) is 11.3 Å². The minimum atomic E-state index is -0.860. The molecule has 3 unspecified atom stereocenters. The Labute approximate surface area is 348 Å². The fourth-order valence-corrected chi connectivity index (χ4v) is 7.01. The molecule has 5 aromatic rings. The summed E-state index contributed by atoms with van der Waals surface area (Å²) in [5, 5.41) is 12.7. The molecule has 0 spiro atoms. The first-order chi connectivity index (χ1) is 28.2. The highest BCUT2D eigenvalue weighted by atomic mass is 32.1. The topological polar surface area (TPSA) is 165 Å². The van der Waals surface area contributed by atoms with E-state index in [2.05, 4.69) is 38.7 Å². The molecular weight excluding hydrogens is 776 g/mol. The van der Waals surface area contributed by atoms with Crippen molar-refractivity contribution in [2.45, 2.75) is 66.1 Å². The number of carbonyl (C=O) groups is 4. The van der Waals surface area contributed by atoms with E-state index in [-0.39, 0.29) is 47.7 Å². The van der Waals surface area contributed by atoms with Crippen molar-refractivity contribution in [3.8, 4) is 11.5 Å². The lowest BCUT2D eigenvalue weighted by atomic mass is 9.99. The van der Waals surface area contributed by atoms with Gasteiger partial charge in [0.15, 0.2) is 5.69 Å². The van der Waals surface area contributed by atoms with Gasteiger partial charge in [-0.05, 0) is 82.0 Å². The van der Waals surface area contributed by atoms with Gasteiger partial charge in [0.05, 0.1) is 31.0 Å². The molecule has 3 N–H and O–H groups in total. The highest BCUT2D eigenvalue weighted by Crippen LogP contribution is 2.30. The highest BCUT2D eigenvalue weighted by Gasteiger charge is 2.33. The SMILES string of the molecule is C=Cc1nc2ccccc2s1.COc1ccc(CN2CCC(CC(C)NC(=O)CNC(=O)C(NC(=O)c3cc(C)on3)C(C)C)C2=O)c(OC)c1.Cc1ccc(F)cc1. The predicted octanol–water partition coefficient (Wildman–Crippen LogP) is 6.89. The smallest absolute Gasteiger partial charge is 0.274 e. The number of methoxy groups -OCH3 is 2. The molecule has 0 aliphatic carbocycles. The van der Waals surface area contributed by atoms with Gasteiger partial charge >= 0.3 is 0 Å². The molecule has 0 radical (unpaired) electrons. The van der Waals surface area contributed by atoms with Crippen molar-refractivity contribution in [2.24, 2.45) is 11.8 Å². The Morgan fingerprint density at radius 2 is 1.75 bits per heavy atom. The van der Waals surface area contributed by atoms with Gasteiger partial charge in [0.25, 0.3) is 5.91 Å². The molecule has 0 bridgehead atoms. The van der Waals surface area contributed by atoms with Gasteiger partial charge < -0.3 is 34.8 Å². The average molecular weight is 829 g/mol. The fraction of sp³-hybridized carbons (Fsp3) is 0.364. The summed E-state index contributed by atoms with van der Waals surface area (Å²) in [6.45, 7) is 13.5. The minimum Gasteiger partial charge on any atom is -0.497 e. The first kappa shape index (κ1) is 45.6. The van der Waals surface area contributed by atoms with Crippen molar-refractivity contribution in [2.75, 3.05) is 27.3 Å². The molecule has 3 heterocycles. The third-order valence-corrected chi connectivity index (χ3v) is 10.4. The van der Waals surface area contributed by atoms with Crippen molar-refractivity contribution in [1.29, 1.82) is 0 Å². The lowest BCUT2D eigenvalue weighted by Crippen LogP contribution is -2.52. The molecule has 0 saturated carbocycles. The van der Waals surface area contributed by atoms with E-state index in [0.717, 1.165) is 21.7 Å². The van der Waals surface area contributed by atoms with E-state index in [1.165, 1.54) is 22.9 Å². The van der Waals surface area contributed by atoms with Crippen LogP contribution in [-0.2, 0) is 20.9 Å². The molecule has 1 aliphatic rings. The van der Waals surface area contributed by atoms with Crippen LogP contribution in [-0.4, -0.2) is 78.1 Å². The molecule has 13 nitrogen and oxygen atoms in total. The summed E-state index contributed by atoms with van der Waals surface area (Å²) < 4.78 is 28.9. The number of hydrogen-bond acceptors (Lipinski definition) is 10. The average Bonchev–Trinajstić information content (AvgIpc) is 3.95. The van der Waals surface area contributed by atoms with Gasteiger partial charge in [0, 0.05) is 42.7 Å². The van der Waals surface area contributed by atoms with Crippen LogP contribution < -0.4 is 25.4 Å². The van der Waals surface area contributed by atoms with Crippen LogP contribution in [0.25, 0.3) is 16.3 Å². The van der Waals surface area contributed by atoms with Crippen LogP contribution in [0.2, 0.25) is 0 Å². The van der Waals surface area contributed by atoms with Gasteiger partial charge in [-0.2, -0.15) is 0 Å². The van der Waals surface area contributed by atoms with E-state index in [4.69, 9.17) is 14.0 Å². The number of para-hydroxylation sites is 1. The van der Waals surface area contributed by atoms with Crippen LogP contribution in [0.3, 0.4) is 0 Å². The number of likely N-dealkylation sites (tertiary alicyclic amines) is 1. The standard InChI is InChI=1S/C28H39N5O7.C9H7NS.C7H7F/c1-16(2)25(31-26(35)22-12-18(4)40-32-22)27(36)29-14-24(34)30-17(3)11-19-9-10-33(28(19)37)15-20-7-8-21(38-5)13-23(20)39-6;1-2-9-10-7-5-3-4-6-8(7)11-9;1-6-2-4-7(8)5-3-6/h7-8,12-13,16-17,19,25H,9-11,14-15H2,1-6H3,(H,29,36)(H,30,34)(H,31,35);2-6H,1H2;2-5H,1H3. The quantitative estimate of drug-likeness (QED) is 0.108. The maximum Gasteiger partial charge on any atom is 0.274 e. The van der Waals surface area contributed by atoms with E-state index in [1.54, 1.807) is 75.5 Å². The summed E-state index contributed by atoms with van der Waals surface area (Å²) in [7, 11) is 3.17. The van der Waals surface area contributed by atoms with E-state index in [0.29, 0.717) is 43.2 Å². The number of nitrogens with zero attached hydrogens (tertiary/aromatic N) is 3. The first-order valence-corrected chi connectivity index (χ1v) is 20.0. The van der Waals surface area contributed by atoms with Gasteiger partial charge in [-0.1, -0.05) is 55.4 Å². The van der Waals surface area contributed by atoms with E-state index in [9.17, 15) is 23.6 Å². The zero-order valence-electron chi connectivity index (χ0n) is 34.5. The summed E-state index contributed by atoms with van der Waals surface area (Å²) in [6.07, 6.45) is 2.95. The predicted molar refractivity (Wildman–Crippen MR) is 226 cm³/mol. The van der Waals surface area contributed by atoms with Gasteiger partial charge in [0.2, 0.25) is 17.7 Å². The van der Waals surface area contributed by atoms with Gasteiger partial charge in [-0.25, -0.2) is 9.37 Å². The number of hydrogen-bond donors (Lipinski definition) is 3. The Balaban J connectivity index is 0.000000325. The van der Waals surface area contributed by atoms with Crippen LogP contribution in [0.5, 0.6) is 11.5 Å². The molecule has 314 valence electrons. The van der Waals surface area contributed by atoms with Crippen molar-refractivity contribution in [3.05, 3.63) is 113 Å². The van der Waals surface area contributed by atoms with Crippen molar-refractivity contribution in [3.63, 3.8) is 0 Å². The Kier molecular flexibility index (Phi) is 17.1. The third-order valence-electron chi connectivity index (χ3n) is 9.32. The van der Waals surface area contributed by atoms with Gasteiger partial charge in [-0.3, -0.25) is 19.2 Å². The van der Waals surface area contributed by atoms with Crippen LogP contribution >= 0.6 is 11.3 Å². The molecule has 1 fully saturated rings. The van der Waals surface area contributed by atoms with E-state index in [1.807, 2.05) is 44.2 Å². The Bertz CT molecular complexity index is 2130. The second-order valence-electron chi connectivity index (χ2n) is 14.4. The number of carbonyl (C=O) groups excluding carboxylic acids is 4. The molecule has 3 atom stereocenters. The Morgan fingerprint density at radius 3 is 2.36 bits per heavy atom. The highest BCUT2D eigenvalue weighted by molar-refractivity contribution is 7.19. The number of aryl methyl sites for hydroxylation is 2. The van der Waals surface area contributed by atoms with Crippen LogP contribution in [0, 0.1) is 31.5 Å². The maximum atomic E-state index is 13.0. The molecule has 1 saturated heterocycles. The summed E-state index contributed by atoms with van der Waals surface area (Å²) in [6, 6.07) is 20.4. The zero-order valence-corrected chi connectivity index (χ0v) is 35.4. The number of aromatic nitrogens is 2. The number of halogens is 1. The second kappa shape index (κ2) is 22.2. The summed E-state index contributed by atoms with van der Waals surface area (Å²) in [5.41, 5.74) is 3.12.